The van der Waals surface area contributed by atoms with E-state index >= 15 is 0 Å². The summed E-state index contributed by atoms with van der Waals surface area (Å²) in [6.07, 6.45) is 0. The zero-order valence-electron chi connectivity index (χ0n) is 13.6. The van der Waals surface area contributed by atoms with Crippen LogP contribution in [0.25, 0.3) is 10.2 Å². The second-order valence-electron chi connectivity index (χ2n) is 5.36. The Hall–Kier alpha value is -2.17. The standard InChI is InChI=1S/C16H14N2O5S3/c1-21-11-4-2-10(3-5-11)18-26(19,20)9-24-16-17-12-6-13-14(23-8-22-13)7-15(12)25-16/h2-7,18H,8-9H2,1H3. The molecule has 0 atom stereocenters. The molecule has 0 radical (unpaired) electrons. The molecule has 0 fully saturated rings. The highest BCUT2D eigenvalue weighted by Crippen LogP contribution is 2.39. The number of aromatic nitrogens is 1. The Morgan fingerprint density at radius 1 is 1.23 bits per heavy atom. The Morgan fingerprint density at radius 2 is 1.96 bits per heavy atom. The van der Waals surface area contributed by atoms with E-state index in [4.69, 9.17) is 14.2 Å². The molecule has 3 aromatic rings. The smallest absolute Gasteiger partial charge is 0.242 e. The minimum absolute atomic E-state index is 0.133. The van der Waals surface area contributed by atoms with E-state index in [-0.39, 0.29) is 11.9 Å². The average Bonchev–Trinajstić information content (AvgIpc) is 3.23. The highest BCUT2D eigenvalue weighted by molar-refractivity contribution is 8.13. The van der Waals surface area contributed by atoms with Crippen molar-refractivity contribution in [2.24, 2.45) is 0 Å². The van der Waals surface area contributed by atoms with Crippen LogP contribution < -0.4 is 18.9 Å². The van der Waals surface area contributed by atoms with Crippen LogP contribution in [-0.2, 0) is 10.0 Å². The van der Waals surface area contributed by atoms with E-state index in [0.29, 0.717) is 27.3 Å². The summed E-state index contributed by atoms with van der Waals surface area (Å²) in [5.41, 5.74) is 1.25. The van der Waals surface area contributed by atoms with E-state index in [9.17, 15) is 8.42 Å². The van der Waals surface area contributed by atoms with Gasteiger partial charge in [0.25, 0.3) is 0 Å². The molecule has 26 heavy (non-hydrogen) atoms. The minimum Gasteiger partial charge on any atom is -0.497 e. The third-order valence-corrected chi connectivity index (χ3v) is 7.58. The maximum absolute atomic E-state index is 12.3. The number of rotatable bonds is 6. The highest BCUT2D eigenvalue weighted by atomic mass is 32.3. The predicted molar refractivity (Wildman–Crippen MR) is 102 cm³/mol. The molecule has 1 aliphatic heterocycles. The largest absolute Gasteiger partial charge is 0.497 e. The van der Waals surface area contributed by atoms with E-state index in [2.05, 4.69) is 9.71 Å². The van der Waals surface area contributed by atoms with Crippen molar-refractivity contribution in [2.45, 2.75) is 4.34 Å². The van der Waals surface area contributed by atoms with Crippen LogP contribution >= 0.6 is 23.1 Å². The molecule has 0 saturated carbocycles. The Kier molecular flexibility index (Phi) is 4.55. The van der Waals surface area contributed by atoms with Gasteiger partial charge in [0.1, 0.15) is 10.8 Å². The van der Waals surface area contributed by atoms with Crippen LogP contribution in [0.3, 0.4) is 0 Å². The summed E-state index contributed by atoms with van der Waals surface area (Å²) >= 11 is 2.59. The minimum atomic E-state index is -3.51. The van der Waals surface area contributed by atoms with Crippen molar-refractivity contribution < 1.29 is 22.6 Å². The lowest BCUT2D eigenvalue weighted by Crippen LogP contribution is -2.14. The van der Waals surface area contributed by atoms with Crippen molar-refractivity contribution in [1.82, 2.24) is 4.98 Å². The Morgan fingerprint density at radius 3 is 2.69 bits per heavy atom. The Bertz CT molecular complexity index is 1010. The number of fused-ring (bicyclic) bond motifs is 2. The van der Waals surface area contributed by atoms with Crippen molar-refractivity contribution in [3.63, 3.8) is 0 Å². The first-order chi connectivity index (χ1) is 12.5. The highest BCUT2D eigenvalue weighted by Gasteiger charge is 2.18. The molecule has 1 N–H and O–H groups in total. The summed E-state index contributed by atoms with van der Waals surface area (Å²) < 4.78 is 44.4. The molecule has 7 nitrogen and oxygen atoms in total. The van der Waals surface area contributed by atoms with Crippen molar-refractivity contribution >= 4 is 49.0 Å². The molecule has 0 amide bonds. The molecule has 1 aromatic heterocycles. The van der Waals surface area contributed by atoms with Gasteiger partial charge in [-0.15, -0.1) is 11.3 Å². The molecule has 2 aromatic carbocycles. The van der Waals surface area contributed by atoms with Gasteiger partial charge in [-0.05, 0) is 24.3 Å². The zero-order chi connectivity index (χ0) is 18.1. The monoisotopic (exact) mass is 410 g/mol. The zero-order valence-corrected chi connectivity index (χ0v) is 16.0. The van der Waals surface area contributed by atoms with Gasteiger partial charge in [0.15, 0.2) is 15.8 Å². The van der Waals surface area contributed by atoms with Gasteiger partial charge in [-0.3, -0.25) is 4.72 Å². The third-order valence-electron chi connectivity index (χ3n) is 3.56. The maximum atomic E-state index is 12.3. The fourth-order valence-corrected chi connectivity index (χ4v) is 5.92. The first-order valence-corrected chi connectivity index (χ1v) is 11.0. The number of hydrogen-bond acceptors (Lipinski definition) is 8. The third kappa shape index (κ3) is 3.67. The normalized spacial score (nSPS) is 13.1. The molecule has 0 spiro atoms. The second-order valence-corrected chi connectivity index (χ2v) is 9.70. The van der Waals surface area contributed by atoms with Gasteiger partial charge < -0.3 is 14.2 Å². The molecule has 0 bridgehead atoms. The maximum Gasteiger partial charge on any atom is 0.242 e. The van der Waals surface area contributed by atoms with E-state index in [1.807, 2.05) is 12.1 Å². The molecule has 0 saturated heterocycles. The first kappa shape index (κ1) is 17.3. The van der Waals surface area contributed by atoms with Gasteiger partial charge in [0, 0.05) is 17.8 Å². The van der Waals surface area contributed by atoms with E-state index < -0.39 is 10.0 Å². The van der Waals surface area contributed by atoms with E-state index in [0.717, 1.165) is 10.2 Å². The number of methoxy groups -OCH3 is 1. The molecular weight excluding hydrogens is 396 g/mol. The summed E-state index contributed by atoms with van der Waals surface area (Å²) in [4.78, 5) is 4.46. The van der Waals surface area contributed by atoms with Crippen LogP contribution in [0.4, 0.5) is 5.69 Å². The van der Waals surface area contributed by atoms with E-state index in [1.54, 1.807) is 31.4 Å². The lowest BCUT2D eigenvalue weighted by Gasteiger charge is -2.07. The number of thioether (sulfide) groups is 1. The van der Waals surface area contributed by atoms with Crippen LogP contribution in [-0.4, -0.2) is 32.4 Å². The SMILES string of the molecule is COc1ccc(NS(=O)(=O)CSc2nc3cc4c(cc3s2)OCO4)cc1. The van der Waals surface area contributed by atoms with Gasteiger partial charge in [-0.25, -0.2) is 13.4 Å². The van der Waals surface area contributed by atoms with Gasteiger partial charge in [0.05, 0.1) is 17.3 Å². The quantitative estimate of drug-likeness (QED) is 0.622. The summed E-state index contributed by atoms with van der Waals surface area (Å²) in [6, 6.07) is 10.4. The Balaban J connectivity index is 1.44. The summed E-state index contributed by atoms with van der Waals surface area (Å²) in [7, 11) is -1.95. The van der Waals surface area contributed by atoms with Gasteiger partial charge in [0.2, 0.25) is 16.8 Å². The van der Waals surface area contributed by atoms with Crippen molar-refractivity contribution in [3.8, 4) is 17.2 Å². The van der Waals surface area contributed by atoms with Gasteiger partial charge in [-0.2, -0.15) is 0 Å². The van der Waals surface area contributed by atoms with Crippen LogP contribution in [0, 0.1) is 0 Å². The molecule has 10 heteroatoms. The molecule has 136 valence electrons. The number of anilines is 1. The number of nitrogens with zero attached hydrogens (tertiary/aromatic N) is 1. The molecule has 1 aliphatic rings. The molecular formula is C16H14N2O5S3. The van der Waals surface area contributed by atoms with Crippen molar-refractivity contribution in [2.75, 3.05) is 23.7 Å². The summed E-state index contributed by atoms with van der Waals surface area (Å²) in [5, 5.41) is -0.133. The number of sulfonamides is 1. The summed E-state index contributed by atoms with van der Waals surface area (Å²) in [6.45, 7) is 0.212. The van der Waals surface area contributed by atoms with Crippen molar-refractivity contribution in [3.05, 3.63) is 36.4 Å². The lowest BCUT2D eigenvalue weighted by molar-refractivity contribution is 0.174. The average molecular weight is 410 g/mol. The van der Waals surface area contributed by atoms with Crippen LogP contribution in [0.2, 0.25) is 0 Å². The summed E-state index contributed by atoms with van der Waals surface area (Å²) in [5.74, 6) is 2.01. The van der Waals surface area contributed by atoms with Crippen molar-refractivity contribution in [1.29, 1.82) is 0 Å². The van der Waals surface area contributed by atoms with Gasteiger partial charge in [-0.1, -0.05) is 11.8 Å². The molecule has 2 heterocycles. The molecule has 4 rings (SSSR count). The number of benzene rings is 2. The molecule has 0 aliphatic carbocycles. The first-order valence-electron chi connectivity index (χ1n) is 7.50. The van der Waals surface area contributed by atoms with Gasteiger partial charge >= 0.3 is 0 Å². The number of nitrogens with one attached hydrogen (secondary N) is 1. The second kappa shape index (κ2) is 6.86. The predicted octanol–water partition coefficient (Wildman–Crippen LogP) is 3.53. The van der Waals surface area contributed by atoms with E-state index in [1.165, 1.54) is 23.1 Å². The number of thiazole rings is 1. The number of hydrogen-bond donors (Lipinski definition) is 1. The van der Waals surface area contributed by atoms with Crippen LogP contribution in [0.5, 0.6) is 17.2 Å². The molecule has 0 unspecified atom stereocenters. The lowest BCUT2D eigenvalue weighted by atomic mass is 10.3. The van der Waals surface area contributed by atoms with Crippen LogP contribution in [0.1, 0.15) is 0 Å². The topological polar surface area (TPSA) is 86.8 Å². The fraction of sp³-hybridized carbons (Fsp3) is 0.188. The number of ether oxygens (including phenoxy) is 3. The van der Waals surface area contributed by atoms with Crippen LogP contribution in [0.15, 0.2) is 40.7 Å². The Labute approximate surface area is 158 Å². The fourth-order valence-electron chi connectivity index (χ4n) is 2.35.